The van der Waals surface area contributed by atoms with E-state index in [9.17, 15) is 4.79 Å². The third-order valence-corrected chi connectivity index (χ3v) is 5.08. The van der Waals surface area contributed by atoms with E-state index in [1.807, 2.05) is 11.9 Å². The Kier molecular flexibility index (Phi) is 4.59. The fourth-order valence-corrected chi connectivity index (χ4v) is 3.74. The first-order valence-corrected chi connectivity index (χ1v) is 8.24. The molecule has 3 heterocycles. The number of amides is 2. The standard InChI is InChI=1S/C15H23ClN4O2/c1-19-10-12(16)13(18-19)9-17-14(21)20-6-2-3-15(11-20)4-7-22-8-5-15/h10H,2-9,11H2,1H3,(H,17,21). The second-order valence-electron chi connectivity index (χ2n) is 6.39. The largest absolute Gasteiger partial charge is 0.381 e. The van der Waals surface area contributed by atoms with Crippen LogP contribution in [0.5, 0.6) is 0 Å². The van der Waals surface area contributed by atoms with Gasteiger partial charge in [0.25, 0.3) is 0 Å². The third kappa shape index (κ3) is 3.38. The van der Waals surface area contributed by atoms with Crippen molar-refractivity contribution in [2.24, 2.45) is 12.5 Å². The highest BCUT2D eigenvalue weighted by atomic mass is 35.5. The molecule has 2 saturated heterocycles. The number of nitrogens with zero attached hydrogens (tertiary/aromatic N) is 3. The van der Waals surface area contributed by atoms with Crippen molar-refractivity contribution in [2.45, 2.75) is 32.2 Å². The van der Waals surface area contributed by atoms with Gasteiger partial charge in [-0.15, -0.1) is 0 Å². The van der Waals surface area contributed by atoms with Crippen molar-refractivity contribution in [3.05, 3.63) is 16.9 Å². The fraction of sp³-hybridized carbons (Fsp3) is 0.733. The molecule has 1 aromatic heterocycles. The predicted octanol–water partition coefficient (Wildman–Crippen LogP) is 2.18. The molecule has 1 spiro atoms. The van der Waals surface area contributed by atoms with Crippen LogP contribution in [0.25, 0.3) is 0 Å². The van der Waals surface area contributed by atoms with E-state index in [1.54, 1.807) is 10.9 Å². The van der Waals surface area contributed by atoms with E-state index in [0.29, 0.717) is 17.3 Å². The van der Waals surface area contributed by atoms with Crippen LogP contribution in [0.1, 0.15) is 31.4 Å². The van der Waals surface area contributed by atoms with Gasteiger partial charge < -0.3 is 15.0 Å². The van der Waals surface area contributed by atoms with E-state index < -0.39 is 0 Å². The summed E-state index contributed by atoms with van der Waals surface area (Å²) in [6, 6.07) is -0.0210. The zero-order valence-corrected chi connectivity index (χ0v) is 13.7. The molecular formula is C15H23ClN4O2. The molecule has 0 saturated carbocycles. The monoisotopic (exact) mass is 326 g/mol. The average Bonchev–Trinajstić information content (AvgIpc) is 2.83. The molecule has 3 rings (SSSR count). The first-order chi connectivity index (χ1) is 10.6. The van der Waals surface area contributed by atoms with Crippen molar-refractivity contribution >= 4 is 17.6 Å². The number of hydrogen-bond donors (Lipinski definition) is 1. The fourth-order valence-electron chi connectivity index (χ4n) is 3.49. The van der Waals surface area contributed by atoms with Crippen LogP contribution in [-0.2, 0) is 18.3 Å². The van der Waals surface area contributed by atoms with Crippen LogP contribution in [0, 0.1) is 5.41 Å². The second-order valence-corrected chi connectivity index (χ2v) is 6.80. The van der Waals surface area contributed by atoms with Gasteiger partial charge in [0.05, 0.1) is 11.6 Å². The summed E-state index contributed by atoms with van der Waals surface area (Å²) in [5.74, 6) is 0. The van der Waals surface area contributed by atoms with Gasteiger partial charge in [-0.1, -0.05) is 11.6 Å². The van der Waals surface area contributed by atoms with E-state index >= 15 is 0 Å². The third-order valence-electron chi connectivity index (χ3n) is 4.76. The van der Waals surface area contributed by atoms with E-state index in [-0.39, 0.29) is 11.4 Å². The minimum atomic E-state index is -0.0210. The number of ether oxygens (including phenoxy) is 1. The number of nitrogens with one attached hydrogen (secondary N) is 1. The Hall–Kier alpha value is -1.27. The topological polar surface area (TPSA) is 59.4 Å². The molecule has 0 unspecified atom stereocenters. The van der Waals surface area contributed by atoms with Gasteiger partial charge in [0.2, 0.25) is 0 Å². The van der Waals surface area contributed by atoms with Crippen molar-refractivity contribution in [3.63, 3.8) is 0 Å². The average molecular weight is 327 g/mol. The lowest BCUT2D eigenvalue weighted by atomic mass is 9.74. The van der Waals surface area contributed by atoms with Gasteiger partial charge in [-0.25, -0.2) is 4.79 Å². The minimum absolute atomic E-state index is 0.0210. The van der Waals surface area contributed by atoms with Gasteiger partial charge in [-0.3, -0.25) is 4.68 Å². The lowest BCUT2D eigenvalue weighted by Gasteiger charge is -2.44. The summed E-state index contributed by atoms with van der Waals surface area (Å²) < 4.78 is 7.12. The first-order valence-electron chi connectivity index (χ1n) is 7.87. The zero-order chi connectivity index (χ0) is 15.6. The second kappa shape index (κ2) is 6.46. The number of likely N-dealkylation sites (tertiary alicyclic amines) is 1. The quantitative estimate of drug-likeness (QED) is 0.906. The number of rotatable bonds is 2. The Bertz CT molecular complexity index is 534. The maximum absolute atomic E-state index is 12.4. The molecule has 22 heavy (non-hydrogen) atoms. The molecule has 1 aromatic rings. The summed E-state index contributed by atoms with van der Waals surface area (Å²) in [6.45, 7) is 3.66. The molecule has 0 atom stereocenters. The van der Waals surface area contributed by atoms with Crippen molar-refractivity contribution < 1.29 is 9.53 Å². The minimum Gasteiger partial charge on any atom is -0.381 e. The Morgan fingerprint density at radius 2 is 2.23 bits per heavy atom. The predicted molar refractivity (Wildman–Crippen MR) is 83.7 cm³/mol. The Morgan fingerprint density at radius 3 is 2.91 bits per heavy atom. The zero-order valence-electron chi connectivity index (χ0n) is 13.0. The maximum atomic E-state index is 12.4. The Morgan fingerprint density at radius 1 is 1.45 bits per heavy atom. The van der Waals surface area contributed by atoms with Crippen molar-refractivity contribution in [2.75, 3.05) is 26.3 Å². The normalized spacial score (nSPS) is 21.1. The van der Waals surface area contributed by atoms with Gasteiger partial charge >= 0.3 is 6.03 Å². The lowest BCUT2D eigenvalue weighted by Crippen LogP contribution is -2.51. The summed E-state index contributed by atoms with van der Waals surface area (Å²) in [7, 11) is 1.82. The van der Waals surface area contributed by atoms with Gasteiger partial charge in [-0.05, 0) is 31.1 Å². The molecule has 0 aliphatic carbocycles. The molecule has 7 heteroatoms. The van der Waals surface area contributed by atoms with Gasteiger partial charge in [-0.2, -0.15) is 5.10 Å². The number of halogens is 1. The summed E-state index contributed by atoms with van der Waals surface area (Å²) in [4.78, 5) is 14.4. The Balaban J connectivity index is 1.56. The molecule has 2 amide bonds. The van der Waals surface area contributed by atoms with Crippen LogP contribution < -0.4 is 5.32 Å². The van der Waals surface area contributed by atoms with Crippen molar-refractivity contribution in [1.29, 1.82) is 0 Å². The highest BCUT2D eigenvalue weighted by Crippen LogP contribution is 2.39. The molecule has 122 valence electrons. The number of piperidine rings is 1. The molecule has 2 aliphatic heterocycles. The first kappa shape index (κ1) is 15.6. The van der Waals surface area contributed by atoms with Crippen LogP contribution in [0.2, 0.25) is 5.02 Å². The summed E-state index contributed by atoms with van der Waals surface area (Å²) in [5, 5.41) is 7.77. The summed E-state index contributed by atoms with van der Waals surface area (Å²) in [6.07, 6.45) is 6.12. The molecule has 0 radical (unpaired) electrons. The van der Waals surface area contributed by atoms with Crippen molar-refractivity contribution in [1.82, 2.24) is 20.0 Å². The summed E-state index contributed by atoms with van der Waals surface area (Å²) >= 11 is 6.07. The molecule has 0 aromatic carbocycles. The van der Waals surface area contributed by atoms with E-state index in [0.717, 1.165) is 45.6 Å². The molecule has 6 nitrogen and oxygen atoms in total. The lowest BCUT2D eigenvalue weighted by molar-refractivity contribution is -0.0186. The number of urea groups is 1. The Labute approximate surface area is 135 Å². The molecule has 2 aliphatic rings. The SMILES string of the molecule is Cn1cc(Cl)c(CNC(=O)N2CCCC3(CCOCC3)C2)n1. The summed E-state index contributed by atoms with van der Waals surface area (Å²) in [5.41, 5.74) is 0.964. The number of aromatic nitrogens is 2. The van der Waals surface area contributed by atoms with Crippen LogP contribution in [0.3, 0.4) is 0 Å². The number of hydrogen-bond acceptors (Lipinski definition) is 3. The highest BCUT2D eigenvalue weighted by Gasteiger charge is 2.38. The van der Waals surface area contributed by atoms with E-state index in [1.165, 1.54) is 6.42 Å². The van der Waals surface area contributed by atoms with Crippen LogP contribution in [-0.4, -0.2) is 47.0 Å². The molecule has 2 fully saturated rings. The van der Waals surface area contributed by atoms with Crippen LogP contribution in [0.15, 0.2) is 6.20 Å². The van der Waals surface area contributed by atoms with Crippen LogP contribution >= 0.6 is 11.6 Å². The highest BCUT2D eigenvalue weighted by molar-refractivity contribution is 6.31. The van der Waals surface area contributed by atoms with E-state index in [4.69, 9.17) is 16.3 Å². The van der Waals surface area contributed by atoms with Crippen LogP contribution in [0.4, 0.5) is 4.79 Å². The number of aryl methyl sites for hydroxylation is 1. The van der Waals surface area contributed by atoms with Gasteiger partial charge in [0.15, 0.2) is 0 Å². The number of carbonyl (C=O) groups is 1. The van der Waals surface area contributed by atoms with Gasteiger partial charge in [0.1, 0.15) is 5.69 Å². The van der Waals surface area contributed by atoms with E-state index in [2.05, 4.69) is 10.4 Å². The number of carbonyl (C=O) groups excluding carboxylic acids is 1. The molecular weight excluding hydrogens is 304 g/mol. The maximum Gasteiger partial charge on any atom is 0.317 e. The van der Waals surface area contributed by atoms with Gasteiger partial charge in [0, 0.05) is 39.5 Å². The smallest absolute Gasteiger partial charge is 0.317 e. The molecule has 1 N–H and O–H groups in total. The van der Waals surface area contributed by atoms with Crippen molar-refractivity contribution in [3.8, 4) is 0 Å². The molecule has 0 bridgehead atoms.